The van der Waals surface area contributed by atoms with Crippen LogP contribution >= 0.6 is 11.5 Å². The summed E-state index contributed by atoms with van der Waals surface area (Å²) in [6.07, 6.45) is 2.17. The first-order valence-corrected chi connectivity index (χ1v) is 6.87. The second kappa shape index (κ2) is 4.78. The summed E-state index contributed by atoms with van der Waals surface area (Å²) in [5.41, 5.74) is 0.770. The maximum absolute atomic E-state index is 5.54. The van der Waals surface area contributed by atoms with Crippen LogP contribution in [0.25, 0.3) is 11.6 Å². The van der Waals surface area contributed by atoms with E-state index in [2.05, 4.69) is 21.4 Å². The lowest BCUT2D eigenvalue weighted by Gasteiger charge is -2.10. The fourth-order valence-corrected chi connectivity index (χ4v) is 2.72. The topological polar surface area (TPSA) is 61.0 Å². The van der Waals surface area contributed by atoms with Crippen LogP contribution in [0.4, 0.5) is 0 Å². The summed E-state index contributed by atoms with van der Waals surface area (Å²) in [5, 5.41) is 4.02. The third-order valence-corrected chi connectivity index (χ3v) is 3.99. The first-order chi connectivity index (χ1) is 8.72. The summed E-state index contributed by atoms with van der Waals surface area (Å²) in [4.78, 5) is 5.54. The van der Waals surface area contributed by atoms with E-state index in [0.717, 1.165) is 35.8 Å². The number of aryl methyl sites for hydroxylation is 1. The first kappa shape index (κ1) is 11.8. The highest BCUT2D eigenvalue weighted by Gasteiger charge is 2.26. The molecule has 0 amide bonds. The number of nitrogens with zero attached hydrogens (tertiary/aromatic N) is 3. The van der Waals surface area contributed by atoms with Gasteiger partial charge in [-0.25, -0.2) is 0 Å². The van der Waals surface area contributed by atoms with Gasteiger partial charge in [-0.2, -0.15) is 9.36 Å². The Labute approximate surface area is 109 Å². The van der Waals surface area contributed by atoms with Crippen molar-refractivity contribution in [3.8, 4) is 11.6 Å². The lowest BCUT2D eigenvalue weighted by Crippen LogP contribution is -2.14. The monoisotopic (exact) mass is 265 g/mol. The SMILES string of the molecule is Cc1cc(-c2nc(CC3CCOC3C)no2)ns1. The Kier molecular flexibility index (Phi) is 3.13. The van der Waals surface area contributed by atoms with E-state index >= 15 is 0 Å². The van der Waals surface area contributed by atoms with Gasteiger partial charge in [0.2, 0.25) is 0 Å². The molecule has 6 heteroatoms. The number of rotatable bonds is 3. The molecule has 0 N–H and O–H groups in total. The van der Waals surface area contributed by atoms with Gasteiger partial charge in [0.25, 0.3) is 5.89 Å². The number of hydrogen-bond donors (Lipinski definition) is 0. The lowest BCUT2D eigenvalue weighted by molar-refractivity contribution is 0.105. The summed E-state index contributed by atoms with van der Waals surface area (Å²) >= 11 is 1.44. The van der Waals surface area contributed by atoms with E-state index in [1.54, 1.807) is 0 Å². The fraction of sp³-hybridized carbons (Fsp3) is 0.583. The Bertz CT molecular complexity index is 537. The van der Waals surface area contributed by atoms with Crippen LogP contribution < -0.4 is 0 Å². The van der Waals surface area contributed by atoms with Crippen molar-refractivity contribution >= 4 is 11.5 Å². The lowest BCUT2D eigenvalue weighted by atomic mass is 9.99. The minimum atomic E-state index is 0.286. The molecule has 5 nitrogen and oxygen atoms in total. The molecule has 2 atom stereocenters. The normalized spacial score (nSPS) is 23.7. The van der Waals surface area contributed by atoms with E-state index in [0.29, 0.717) is 11.8 Å². The van der Waals surface area contributed by atoms with Crippen molar-refractivity contribution in [1.29, 1.82) is 0 Å². The maximum Gasteiger partial charge on any atom is 0.277 e. The van der Waals surface area contributed by atoms with Gasteiger partial charge in [0, 0.05) is 17.9 Å². The van der Waals surface area contributed by atoms with Gasteiger partial charge >= 0.3 is 0 Å². The van der Waals surface area contributed by atoms with E-state index in [-0.39, 0.29) is 6.10 Å². The van der Waals surface area contributed by atoms with Crippen LogP contribution in [-0.4, -0.2) is 27.2 Å². The molecule has 1 aliphatic heterocycles. The summed E-state index contributed by atoms with van der Waals surface area (Å²) in [7, 11) is 0. The van der Waals surface area contributed by atoms with Gasteiger partial charge in [0.05, 0.1) is 6.10 Å². The molecule has 0 radical (unpaired) electrons. The van der Waals surface area contributed by atoms with Gasteiger partial charge in [-0.1, -0.05) is 5.16 Å². The van der Waals surface area contributed by atoms with E-state index < -0.39 is 0 Å². The molecule has 3 heterocycles. The Morgan fingerprint density at radius 1 is 1.50 bits per heavy atom. The summed E-state index contributed by atoms with van der Waals surface area (Å²) in [6.45, 7) is 4.94. The molecule has 1 aliphatic rings. The average Bonchev–Trinajstić information content (AvgIpc) is 3.03. The standard InChI is InChI=1S/C12H15N3O2S/c1-7-5-10(15-18-7)12-13-11(14-17-12)6-9-3-4-16-8(9)2/h5,8-9H,3-4,6H2,1-2H3. The van der Waals surface area contributed by atoms with Gasteiger partial charge in [-0.05, 0) is 43.8 Å². The largest absolute Gasteiger partial charge is 0.378 e. The molecule has 2 aromatic heterocycles. The zero-order chi connectivity index (χ0) is 12.5. The molecule has 3 rings (SSSR count). The highest BCUT2D eigenvalue weighted by molar-refractivity contribution is 7.05. The molecule has 2 aromatic rings. The predicted molar refractivity (Wildman–Crippen MR) is 67.4 cm³/mol. The van der Waals surface area contributed by atoms with Gasteiger partial charge < -0.3 is 9.26 Å². The summed E-state index contributed by atoms with van der Waals surface area (Å²) in [5.74, 6) is 1.76. The predicted octanol–water partition coefficient (Wildman–Crippen LogP) is 2.47. The molecular formula is C12H15N3O2S. The first-order valence-electron chi connectivity index (χ1n) is 6.10. The van der Waals surface area contributed by atoms with E-state index in [9.17, 15) is 0 Å². The molecule has 96 valence electrons. The second-order valence-electron chi connectivity index (χ2n) is 4.67. The minimum Gasteiger partial charge on any atom is -0.378 e. The Hall–Kier alpha value is -1.27. The smallest absolute Gasteiger partial charge is 0.277 e. The Morgan fingerprint density at radius 2 is 2.39 bits per heavy atom. The van der Waals surface area contributed by atoms with Crippen molar-refractivity contribution in [2.45, 2.75) is 32.8 Å². The molecule has 1 saturated heterocycles. The Balaban J connectivity index is 1.73. The molecule has 18 heavy (non-hydrogen) atoms. The third kappa shape index (κ3) is 2.30. The zero-order valence-corrected chi connectivity index (χ0v) is 11.2. The van der Waals surface area contributed by atoms with Crippen molar-refractivity contribution in [3.63, 3.8) is 0 Å². The minimum absolute atomic E-state index is 0.286. The molecule has 0 aromatic carbocycles. The van der Waals surface area contributed by atoms with Crippen molar-refractivity contribution < 1.29 is 9.26 Å². The molecule has 0 spiro atoms. The highest BCUT2D eigenvalue weighted by Crippen LogP contribution is 2.25. The van der Waals surface area contributed by atoms with Crippen LogP contribution in [0, 0.1) is 12.8 Å². The quantitative estimate of drug-likeness (QED) is 0.853. The molecule has 0 aliphatic carbocycles. The van der Waals surface area contributed by atoms with Crippen LogP contribution in [0.2, 0.25) is 0 Å². The van der Waals surface area contributed by atoms with Crippen molar-refractivity contribution in [3.05, 3.63) is 16.8 Å². The van der Waals surface area contributed by atoms with Gasteiger partial charge in [0.15, 0.2) is 5.82 Å². The third-order valence-electron chi connectivity index (χ3n) is 3.29. The van der Waals surface area contributed by atoms with Crippen LogP contribution in [0.1, 0.15) is 24.0 Å². The number of ether oxygens (including phenoxy) is 1. The second-order valence-corrected chi connectivity index (χ2v) is 5.68. The zero-order valence-electron chi connectivity index (χ0n) is 10.4. The molecule has 1 fully saturated rings. The molecular weight excluding hydrogens is 250 g/mol. The van der Waals surface area contributed by atoms with Gasteiger partial charge in [-0.3, -0.25) is 0 Å². The number of aromatic nitrogens is 3. The van der Waals surface area contributed by atoms with E-state index in [4.69, 9.17) is 9.26 Å². The van der Waals surface area contributed by atoms with E-state index in [1.807, 2.05) is 13.0 Å². The number of hydrogen-bond acceptors (Lipinski definition) is 6. The summed E-state index contributed by atoms with van der Waals surface area (Å²) < 4.78 is 15.1. The van der Waals surface area contributed by atoms with E-state index in [1.165, 1.54) is 11.5 Å². The van der Waals surface area contributed by atoms with Crippen molar-refractivity contribution in [2.75, 3.05) is 6.61 Å². The van der Waals surface area contributed by atoms with Crippen LogP contribution in [0.5, 0.6) is 0 Å². The Morgan fingerprint density at radius 3 is 3.06 bits per heavy atom. The summed E-state index contributed by atoms with van der Waals surface area (Å²) in [6, 6.07) is 1.96. The fourth-order valence-electron chi connectivity index (χ4n) is 2.19. The van der Waals surface area contributed by atoms with Gasteiger partial charge in [0.1, 0.15) is 5.69 Å². The molecule has 0 saturated carbocycles. The van der Waals surface area contributed by atoms with Gasteiger partial charge in [-0.15, -0.1) is 0 Å². The highest BCUT2D eigenvalue weighted by atomic mass is 32.1. The van der Waals surface area contributed by atoms with Crippen LogP contribution in [0.15, 0.2) is 10.6 Å². The van der Waals surface area contributed by atoms with Crippen molar-refractivity contribution in [2.24, 2.45) is 5.92 Å². The van der Waals surface area contributed by atoms with Crippen LogP contribution in [-0.2, 0) is 11.2 Å². The molecule has 2 unspecified atom stereocenters. The van der Waals surface area contributed by atoms with Crippen LogP contribution in [0.3, 0.4) is 0 Å². The van der Waals surface area contributed by atoms with Crippen molar-refractivity contribution in [1.82, 2.24) is 14.5 Å². The average molecular weight is 265 g/mol. The molecule has 0 bridgehead atoms. The maximum atomic E-state index is 5.54.